The Labute approximate surface area is 102 Å². The highest BCUT2D eigenvalue weighted by molar-refractivity contribution is 5.12. The van der Waals surface area contributed by atoms with E-state index in [2.05, 4.69) is 22.3 Å². The molecule has 0 saturated heterocycles. The molecule has 1 N–H and O–H groups in total. The number of pyridine rings is 1. The molecule has 0 spiro atoms. The summed E-state index contributed by atoms with van der Waals surface area (Å²) in [7, 11) is 1.93. The summed E-state index contributed by atoms with van der Waals surface area (Å²) in [6.07, 6.45) is 3.92. The number of hydrogen-bond acceptors (Lipinski definition) is 3. The third kappa shape index (κ3) is 3.14. The quantitative estimate of drug-likeness (QED) is 0.873. The van der Waals surface area contributed by atoms with Gasteiger partial charge in [-0.25, -0.2) is 0 Å². The van der Waals surface area contributed by atoms with Crippen LogP contribution in [0.3, 0.4) is 0 Å². The highest BCUT2D eigenvalue weighted by Gasteiger charge is 2.06. The molecule has 0 aliphatic carbocycles. The molecule has 0 aromatic carbocycles. The summed E-state index contributed by atoms with van der Waals surface area (Å²) >= 11 is 0. The number of aromatic nitrogens is 3. The molecule has 0 aliphatic heterocycles. The van der Waals surface area contributed by atoms with Gasteiger partial charge in [0.25, 0.3) is 0 Å². The summed E-state index contributed by atoms with van der Waals surface area (Å²) in [5.74, 6) is 0. The van der Waals surface area contributed by atoms with Crippen molar-refractivity contribution in [3.05, 3.63) is 47.5 Å². The van der Waals surface area contributed by atoms with E-state index < -0.39 is 0 Å². The molecule has 1 unspecified atom stereocenters. The Bertz CT molecular complexity index is 490. The first-order valence-electron chi connectivity index (χ1n) is 5.79. The third-order valence-corrected chi connectivity index (χ3v) is 2.76. The number of nitrogens with one attached hydrogen (secondary N) is 1. The SMILES string of the molecule is Cc1cccc(CNC(C)c2cnn(C)c2)n1. The first-order chi connectivity index (χ1) is 8.15. The summed E-state index contributed by atoms with van der Waals surface area (Å²) in [4.78, 5) is 4.46. The van der Waals surface area contributed by atoms with Crippen molar-refractivity contribution in [3.8, 4) is 0 Å². The fourth-order valence-electron chi connectivity index (χ4n) is 1.74. The molecule has 2 heterocycles. The number of aryl methyl sites for hydroxylation is 2. The van der Waals surface area contributed by atoms with Gasteiger partial charge in [-0.05, 0) is 26.0 Å². The fraction of sp³-hybridized carbons (Fsp3) is 0.385. The van der Waals surface area contributed by atoms with Gasteiger partial charge in [-0.15, -0.1) is 0 Å². The van der Waals surface area contributed by atoms with Crippen LogP contribution >= 0.6 is 0 Å². The van der Waals surface area contributed by atoms with E-state index in [1.54, 1.807) is 0 Å². The summed E-state index contributed by atoms with van der Waals surface area (Å²) in [5, 5.41) is 7.61. The number of nitrogens with zero attached hydrogens (tertiary/aromatic N) is 3. The van der Waals surface area contributed by atoms with Crippen molar-refractivity contribution in [2.45, 2.75) is 26.4 Å². The van der Waals surface area contributed by atoms with Crippen molar-refractivity contribution < 1.29 is 0 Å². The van der Waals surface area contributed by atoms with Gasteiger partial charge in [-0.1, -0.05) is 6.07 Å². The maximum atomic E-state index is 4.46. The molecule has 0 aliphatic rings. The van der Waals surface area contributed by atoms with Gasteiger partial charge in [-0.3, -0.25) is 9.67 Å². The molecule has 17 heavy (non-hydrogen) atoms. The topological polar surface area (TPSA) is 42.7 Å². The number of hydrogen-bond donors (Lipinski definition) is 1. The smallest absolute Gasteiger partial charge is 0.0545 e. The summed E-state index contributed by atoms with van der Waals surface area (Å²) < 4.78 is 1.82. The van der Waals surface area contributed by atoms with Gasteiger partial charge in [0, 0.05) is 37.1 Å². The molecule has 2 aromatic heterocycles. The lowest BCUT2D eigenvalue weighted by Crippen LogP contribution is -2.18. The average molecular weight is 230 g/mol. The predicted octanol–water partition coefficient (Wildman–Crippen LogP) is 1.97. The molecule has 0 radical (unpaired) electrons. The Morgan fingerprint density at radius 3 is 2.88 bits per heavy atom. The van der Waals surface area contributed by atoms with Crippen LogP contribution in [0.15, 0.2) is 30.6 Å². The standard InChI is InChI=1S/C13H18N4/c1-10-5-4-6-13(16-10)8-14-11(2)12-7-15-17(3)9-12/h4-7,9,11,14H,8H2,1-3H3. The second-order valence-corrected chi connectivity index (χ2v) is 4.32. The van der Waals surface area contributed by atoms with E-state index in [0.717, 1.165) is 17.9 Å². The van der Waals surface area contributed by atoms with Crippen LogP contribution in [0.5, 0.6) is 0 Å². The van der Waals surface area contributed by atoms with Crippen LogP contribution < -0.4 is 5.32 Å². The second-order valence-electron chi connectivity index (χ2n) is 4.32. The highest BCUT2D eigenvalue weighted by atomic mass is 15.2. The maximum Gasteiger partial charge on any atom is 0.0545 e. The normalized spacial score (nSPS) is 12.6. The Morgan fingerprint density at radius 1 is 1.41 bits per heavy atom. The van der Waals surface area contributed by atoms with Gasteiger partial charge < -0.3 is 5.32 Å². The minimum Gasteiger partial charge on any atom is -0.304 e. The Morgan fingerprint density at radius 2 is 2.24 bits per heavy atom. The molecule has 2 aromatic rings. The van der Waals surface area contributed by atoms with Gasteiger partial charge in [0.05, 0.1) is 11.9 Å². The molecule has 4 heteroatoms. The Kier molecular flexibility index (Phi) is 3.54. The van der Waals surface area contributed by atoms with Gasteiger partial charge >= 0.3 is 0 Å². The van der Waals surface area contributed by atoms with Crippen LogP contribution in [0.4, 0.5) is 0 Å². The highest BCUT2D eigenvalue weighted by Crippen LogP contribution is 2.11. The summed E-state index contributed by atoms with van der Waals surface area (Å²) in [5.41, 5.74) is 3.32. The zero-order valence-corrected chi connectivity index (χ0v) is 10.5. The van der Waals surface area contributed by atoms with Crippen molar-refractivity contribution in [1.29, 1.82) is 0 Å². The molecule has 2 rings (SSSR count). The number of rotatable bonds is 4. The van der Waals surface area contributed by atoms with Crippen molar-refractivity contribution in [3.63, 3.8) is 0 Å². The largest absolute Gasteiger partial charge is 0.304 e. The summed E-state index contributed by atoms with van der Waals surface area (Å²) in [6.45, 7) is 4.92. The van der Waals surface area contributed by atoms with E-state index in [1.165, 1.54) is 5.56 Å². The molecular weight excluding hydrogens is 212 g/mol. The van der Waals surface area contributed by atoms with Crippen LogP contribution in [0.1, 0.15) is 29.9 Å². The third-order valence-electron chi connectivity index (χ3n) is 2.76. The molecule has 0 fully saturated rings. The van der Waals surface area contributed by atoms with Crippen LogP contribution in [0, 0.1) is 6.92 Å². The first kappa shape index (κ1) is 11.8. The van der Waals surface area contributed by atoms with Crippen LogP contribution in [-0.4, -0.2) is 14.8 Å². The minimum absolute atomic E-state index is 0.283. The zero-order valence-electron chi connectivity index (χ0n) is 10.5. The van der Waals surface area contributed by atoms with Crippen LogP contribution in [0.25, 0.3) is 0 Å². The summed E-state index contributed by atoms with van der Waals surface area (Å²) in [6, 6.07) is 6.36. The van der Waals surface area contributed by atoms with Gasteiger partial charge in [0.1, 0.15) is 0 Å². The molecule has 0 amide bonds. The van der Waals surface area contributed by atoms with E-state index >= 15 is 0 Å². The lowest BCUT2D eigenvalue weighted by atomic mass is 10.2. The molecule has 0 saturated carbocycles. The Hall–Kier alpha value is -1.68. The van der Waals surface area contributed by atoms with E-state index in [0.29, 0.717) is 0 Å². The monoisotopic (exact) mass is 230 g/mol. The molecule has 1 atom stereocenters. The Balaban J connectivity index is 1.94. The van der Waals surface area contributed by atoms with Crippen LogP contribution in [0.2, 0.25) is 0 Å². The molecule has 0 bridgehead atoms. The van der Waals surface area contributed by atoms with Crippen molar-refractivity contribution in [1.82, 2.24) is 20.1 Å². The van der Waals surface area contributed by atoms with Crippen molar-refractivity contribution in [2.75, 3.05) is 0 Å². The van der Waals surface area contributed by atoms with Gasteiger partial charge in [-0.2, -0.15) is 5.10 Å². The molecule has 90 valence electrons. The van der Waals surface area contributed by atoms with E-state index in [1.807, 2.05) is 49.2 Å². The van der Waals surface area contributed by atoms with Crippen molar-refractivity contribution in [2.24, 2.45) is 7.05 Å². The van der Waals surface area contributed by atoms with E-state index in [9.17, 15) is 0 Å². The van der Waals surface area contributed by atoms with E-state index in [-0.39, 0.29) is 6.04 Å². The van der Waals surface area contributed by atoms with Crippen LogP contribution in [-0.2, 0) is 13.6 Å². The first-order valence-corrected chi connectivity index (χ1v) is 5.79. The van der Waals surface area contributed by atoms with E-state index in [4.69, 9.17) is 0 Å². The maximum absolute atomic E-state index is 4.46. The van der Waals surface area contributed by atoms with Gasteiger partial charge in [0.15, 0.2) is 0 Å². The zero-order chi connectivity index (χ0) is 12.3. The fourth-order valence-corrected chi connectivity index (χ4v) is 1.74. The predicted molar refractivity (Wildman–Crippen MR) is 67.4 cm³/mol. The molecular formula is C13H18N4. The second kappa shape index (κ2) is 5.10. The molecule has 4 nitrogen and oxygen atoms in total. The lowest BCUT2D eigenvalue weighted by molar-refractivity contribution is 0.566. The minimum atomic E-state index is 0.283. The van der Waals surface area contributed by atoms with Crippen molar-refractivity contribution >= 4 is 0 Å². The van der Waals surface area contributed by atoms with Gasteiger partial charge in [0.2, 0.25) is 0 Å². The lowest BCUT2D eigenvalue weighted by Gasteiger charge is -2.11. The average Bonchev–Trinajstić information content (AvgIpc) is 2.73.